The summed E-state index contributed by atoms with van der Waals surface area (Å²) < 4.78 is 22.9. The van der Waals surface area contributed by atoms with Crippen LogP contribution in [0.3, 0.4) is 0 Å². The molecular formula is C29H38N2O7. The summed E-state index contributed by atoms with van der Waals surface area (Å²) >= 11 is 0. The number of benzene rings is 1. The smallest absolute Gasteiger partial charge is 0.290 e. The molecule has 206 valence electrons. The van der Waals surface area contributed by atoms with Gasteiger partial charge in [0.2, 0.25) is 5.78 Å². The Morgan fingerprint density at radius 1 is 1.05 bits per heavy atom. The number of ether oxygens (including phenoxy) is 3. The average molecular weight is 527 g/mol. The summed E-state index contributed by atoms with van der Waals surface area (Å²) in [4.78, 5) is 30.7. The van der Waals surface area contributed by atoms with Crippen molar-refractivity contribution in [2.45, 2.75) is 46.1 Å². The number of ketones is 1. The molecule has 1 fully saturated rings. The van der Waals surface area contributed by atoms with Gasteiger partial charge < -0.3 is 28.6 Å². The molecule has 1 atom stereocenters. The molecule has 1 saturated heterocycles. The van der Waals surface area contributed by atoms with E-state index in [1.165, 1.54) is 0 Å². The zero-order valence-corrected chi connectivity index (χ0v) is 22.5. The molecule has 9 nitrogen and oxygen atoms in total. The minimum atomic E-state index is -0.796. The second-order valence-corrected chi connectivity index (χ2v) is 9.55. The molecule has 0 spiro atoms. The maximum absolute atomic E-state index is 13.6. The van der Waals surface area contributed by atoms with Crippen LogP contribution in [0, 0.1) is 6.92 Å². The number of aryl methyl sites for hydroxylation is 1. The van der Waals surface area contributed by atoms with Gasteiger partial charge in [-0.1, -0.05) is 25.8 Å². The van der Waals surface area contributed by atoms with Crippen molar-refractivity contribution in [2.24, 2.45) is 0 Å². The van der Waals surface area contributed by atoms with E-state index in [-0.39, 0.29) is 11.3 Å². The number of nitrogens with zero attached hydrogens (tertiary/aromatic N) is 2. The zero-order chi connectivity index (χ0) is 27.1. The molecule has 2 aromatic rings. The van der Waals surface area contributed by atoms with Crippen molar-refractivity contribution in [1.82, 2.24) is 9.80 Å². The number of morpholine rings is 1. The van der Waals surface area contributed by atoms with Gasteiger partial charge in [0.25, 0.3) is 5.91 Å². The Bertz CT molecular complexity index is 1150. The molecule has 2 aliphatic rings. The van der Waals surface area contributed by atoms with Gasteiger partial charge in [0, 0.05) is 26.2 Å². The van der Waals surface area contributed by atoms with E-state index in [2.05, 4.69) is 11.8 Å². The minimum absolute atomic E-state index is 0.00499. The van der Waals surface area contributed by atoms with Crippen LogP contribution < -0.4 is 9.47 Å². The molecule has 1 aromatic carbocycles. The van der Waals surface area contributed by atoms with Crippen LogP contribution in [-0.2, 0) is 9.53 Å². The molecule has 2 aliphatic heterocycles. The van der Waals surface area contributed by atoms with Crippen LogP contribution in [0.15, 0.2) is 46.1 Å². The van der Waals surface area contributed by atoms with Crippen LogP contribution in [-0.4, -0.2) is 79.2 Å². The molecule has 1 amide bonds. The van der Waals surface area contributed by atoms with Gasteiger partial charge in [-0.2, -0.15) is 0 Å². The van der Waals surface area contributed by atoms with Gasteiger partial charge in [-0.15, -0.1) is 0 Å². The Morgan fingerprint density at radius 3 is 2.53 bits per heavy atom. The number of carbonyl (C=O) groups excluding carboxylic acids is 2. The van der Waals surface area contributed by atoms with Crippen molar-refractivity contribution in [3.8, 4) is 11.5 Å². The lowest BCUT2D eigenvalue weighted by Gasteiger charge is -2.31. The lowest BCUT2D eigenvalue weighted by Crippen LogP contribution is -2.43. The summed E-state index contributed by atoms with van der Waals surface area (Å²) in [6, 6.07) is 7.90. The van der Waals surface area contributed by atoms with Crippen LogP contribution in [0.2, 0.25) is 0 Å². The number of furan rings is 1. The molecule has 0 saturated carbocycles. The highest BCUT2D eigenvalue weighted by molar-refractivity contribution is 6.15. The van der Waals surface area contributed by atoms with E-state index in [4.69, 9.17) is 18.6 Å². The fraction of sp³-hybridized carbons (Fsp3) is 0.517. The topological polar surface area (TPSA) is 102 Å². The van der Waals surface area contributed by atoms with Gasteiger partial charge in [-0.3, -0.25) is 14.5 Å². The number of unbranched alkanes of at least 4 members (excludes halogenated alkanes) is 2. The summed E-state index contributed by atoms with van der Waals surface area (Å²) in [6.07, 6.45) is 3.11. The molecule has 4 rings (SSSR count). The maximum atomic E-state index is 13.6. The first-order valence-electron chi connectivity index (χ1n) is 13.5. The summed E-state index contributed by atoms with van der Waals surface area (Å²) in [6.45, 7) is 10.5. The summed E-state index contributed by atoms with van der Waals surface area (Å²) in [5, 5.41) is 11.0. The van der Waals surface area contributed by atoms with Crippen LogP contribution >= 0.6 is 0 Å². The SMILES string of the molecule is CCCCCOc1ccc(C2C(C(=O)c3ccc(C)o3)=C(O)C(=O)N2CCN2CCOCC2)cc1OCC. The predicted molar refractivity (Wildman–Crippen MR) is 142 cm³/mol. The fourth-order valence-electron chi connectivity index (χ4n) is 4.84. The van der Waals surface area contributed by atoms with Crippen LogP contribution in [0.25, 0.3) is 0 Å². The van der Waals surface area contributed by atoms with E-state index in [0.29, 0.717) is 62.3 Å². The Hall–Kier alpha value is -3.30. The largest absolute Gasteiger partial charge is 0.503 e. The Balaban J connectivity index is 1.67. The van der Waals surface area contributed by atoms with Gasteiger partial charge in [-0.05, 0) is 50.1 Å². The Morgan fingerprint density at radius 2 is 1.84 bits per heavy atom. The second kappa shape index (κ2) is 13.0. The molecule has 0 radical (unpaired) electrons. The van der Waals surface area contributed by atoms with E-state index in [1.807, 2.05) is 19.1 Å². The third-order valence-corrected chi connectivity index (χ3v) is 6.86. The number of amides is 1. The van der Waals surface area contributed by atoms with Crippen LogP contribution in [0.1, 0.15) is 61.0 Å². The normalized spacial score (nSPS) is 18.3. The first-order valence-corrected chi connectivity index (χ1v) is 13.5. The molecule has 0 aliphatic carbocycles. The molecule has 9 heteroatoms. The van der Waals surface area contributed by atoms with Crippen molar-refractivity contribution in [3.05, 3.63) is 58.7 Å². The van der Waals surface area contributed by atoms with E-state index in [9.17, 15) is 14.7 Å². The molecule has 1 aromatic heterocycles. The lowest BCUT2D eigenvalue weighted by atomic mass is 9.94. The highest BCUT2D eigenvalue weighted by Crippen LogP contribution is 2.42. The van der Waals surface area contributed by atoms with Crippen molar-refractivity contribution < 1.29 is 33.3 Å². The number of rotatable bonds is 13. The number of carbonyl (C=O) groups is 2. The van der Waals surface area contributed by atoms with Gasteiger partial charge in [0.1, 0.15) is 5.76 Å². The van der Waals surface area contributed by atoms with Crippen molar-refractivity contribution in [1.29, 1.82) is 0 Å². The number of aliphatic hydroxyl groups is 1. The third kappa shape index (κ3) is 6.22. The van der Waals surface area contributed by atoms with Crippen molar-refractivity contribution in [2.75, 3.05) is 52.6 Å². The van der Waals surface area contributed by atoms with E-state index in [0.717, 1.165) is 32.4 Å². The standard InChI is InChI=1S/C29H38N2O7/c1-4-6-7-16-37-22-11-9-21(19-24(22)36-5-2)26-25(27(32)23-10-8-20(3)38-23)28(33)29(34)31(26)13-12-30-14-17-35-18-15-30/h8-11,19,26,33H,4-7,12-18H2,1-3H3. The molecule has 38 heavy (non-hydrogen) atoms. The van der Waals surface area contributed by atoms with E-state index >= 15 is 0 Å². The van der Waals surface area contributed by atoms with E-state index in [1.54, 1.807) is 30.0 Å². The van der Waals surface area contributed by atoms with Gasteiger partial charge in [0.15, 0.2) is 23.0 Å². The molecule has 3 heterocycles. The van der Waals surface area contributed by atoms with Gasteiger partial charge in [0.05, 0.1) is 38.0 Å². The highest BCUT2D eigenvalue weighted by Gasteiger charge is 2.44. The average Bonchev–Trinajstić information content (AvgIpc) is 3.47. The molecule has 1 unspecified atom stereocenters. The first-order chi connectivity index (χ1) is 18.4. The van der Waals surface area contributed by atoms with Crippen molar-refractivity contribution in [3.63, 3.8) is 0 Å². The fourth-order valence-corrected chi connectivity index (χ4v) is 4.84. The quantitative estimate of drug-likeness (QED) is 0.301. The lowest BCUT2D eigenvalue weighted by molar-refractivity contribution is -0.129. The minimum Gasteiger partial charge on any atom is -0.503 e. The number of aliphatic hydroxyl groups excluding tert-OH is 1. The third-order valence-electron chi connectivity index (χ3n) is 6.86. The van der Waals surface area contributed by atoms with Gasteiger partial charge in [-0.25, -0.2) is 0 Å². The zero-order valence-electron chi connectivity index (χ0n) is 22.5. The molecular weight excluding hydrogens is 488 g/mol. The first kappa shape index (κ1) is 27.7. The van der Waals surface area contributed by atoms with E-state index < -0.39 is 23.5 Å². The number of Topliss-reactive ketones (excluding diaryl/α,β-unsaturated/α-hetero) is 1. The van der Waals surface area contributed by atoms with Crippen LogP contribution in [0.5, 0.6) is 11.5 Å². The van der Waals surface area contributed by atoms with Crippen LogP contribution in [0.4, 0.5) is 0 Å². The summed E-state index contributed by atoms with van der Waals surface area (Å²) in [5.41, 5.74) is 0.658. The molecule has 0 bridgehead atoms. The second-order valence-electron chi connectivity index (χ2n) is 9.55. The van der Waals surface area contributed by atoms with Crippen molar-refractivity contribution >= 4 is 11.7 Å². The summed E-state index contributed by atoms with van der Waals surface area (Å²) in [5.74, 6) is 0.162. The van der Waals surface area contributed by atoms with Gasteiger partial charge >= 0.3 is 0 Å². The Labute approximate surface area is 223 Å². The monoisotopic (exact) mass is 526 g/mol. The number of hydrogen-bond donors (Lipinski definition) is 1. The summed E-state index contributed by atoms with van der Waals surface area (Å²) in [7, 11) is 0. The predicted octanol–water partition coefficient (Wildman–Crippen LogP) is 4.47. The number of hydrogen-bond acceptors (Lipinski definition) is 8. The Kier molecular flexibility index (Phi) is 9.47. The highest BCUT2D eigenvalue weighted by atomic mass is 16.5. The molecule has 1 N–H and O–H groups in total. The maximum Gasteiger partial charge on any atom is 0.290 e.